The van der Waals surface area contributed by atoms with Gasteiger partial charge in [-0.25, -0.2) is 21.2 Å². The molecule has 3 rings (SSSR count). The maximum atomic E-state index is 13.8. The lowest BCUT2D eigenvalue weighted by atomic mass is 10.2. The summed E-state index contributed by atoms with van der Waals surface area (Å²) < 4.78 is 63.7. The van der Waals surface area contributed by atoms with Crippen molar-refractivity contribution < 1.29 is 21.2 Å². The molecule has 0 radical (unpaired) electrons. The van der Waals surface area contributed by atoms with Crippen LogP contribution < -0.4 is 5.32 Å². The molecule has 1 fully saturated rings. The quantitative estimate of drug-likeness (QED) is 0.806. The smallest absolute Gasteiger partial charge is 0.183 e. The second-order valence-corrected chi connectivity index (χ2v) is 11.0. The summed E-state index contributed by atoms with van der Waals surface area (Å²) in [6.07, 6.45) is 0. The minimum absolute atomic E-state index is 0.0155. The molecule has 2 atom stereocenters. The van der Waals surface area contributed by atoms with Crippen LogP contribution in [0.25, 0.3) is 0 Å². The molecular weight excluding hydrogens is 401 g/mol. The summed E-state index contributed by atoms with van der Waals surface area (Å²) in [5, 5.41) is 2.16. The molecule has 140 valence electrons. The average molecular weight is 418 g/mol. The molecule has 0 aliphatic carbocycles. The van der Waals surface area contributed by atoms with Crippen molar-refractivity contribution in [3.63, 3.8) is 0 Å². The predicted molar refractivity (Wildman–Crippen MR) is 98.1 cm³/mol. The molecule has 0 spiro atoms. The second-order valence-electron chi connectivity index (χ2n) is 6.19. The Morgan fingerprint density at radius 1 is 1.08 bits per heavy atom. The van der Waals surface area contributed by atoms with Gasteiger partial charge in [-0.1, -0.05) is 29.8 Å². The first-order chi connectivity index (χ1) is 12.2. The van der Waals surface area contributed by atoms with E-state index >= 15 is 0 Å². The van der Waals surface area contributed by atoms with Crippen molar-refractivity contribution in [2.24, 2.45) is 0 Å². The van der Waals surface area contributed by atoms with E-state index in [2.05, 4.69) is 5.32 Å². The zero-order chi connectivity index (χ0) is 18.9. The molecule has 2 aromatic carbocycles. The third-order valence-corrected chi connectivity index (χ3v) is 8.77. The van der Waals surface area contributed by atoms with E-state index in [4.69, 9.17) is 11.6 Å². The first-order valence-corrected chi connectivity index (χ1v) is 11.6. The fraction of sp³-hybridized carbons (Fsp3) is 0.294. The third kappa shape index (κ3) is 4.09. The Hall–Kier alpha value is -1.48. The number of halogens is 2. The van der Waals surface area contributed by atoms with Gasteiger partial charge in [-0.2, -0.15) is 0 Å². The number of hydrogen-bond acceptors (Lipinski definition) is 5. The SMILES string of the molecule is O=S1(=O)C[C@H](NCc2ccccc2F)[C@@H](S(=O)(=O)c2ccc(Cl)cc2)C1. The van der Waals surface area contributed by atoms with Crippen LogP contribution in [0.15, 0.2) is 53.4 Å². The summed E-state index contributed by atoms with van der Waals surface area (Å²) in [5.41, 5.74) is 0.347. The van der Waals surface area contributed by atoms with Crippen LogP contribution in [0.2, 0.25) is 5.02 Å². The molecule has 9 heteroatoms. The molecule has 1 saturated heterocycles. The Bertz CT molecular complexity index is 1010. The van der Waals surface area contributed by atoms with E-state index in [9.17, 15) is 21.2 Å². The Morgan fingerprint density at radius 2 is 1.73 bits per heavy atom. The molecule has 1 aliphatic heterocycles. The molecule has 1 N–H and O–H groups in total. The van der Waals surface area contributed by atoms with E-state index in [1.807, 2.05) is 0 Å². The van der Waals surface area contributed by atoms with Crippen LogP contribution in [0.1, 0.15) is 5.56 Å². The van der Waals surface area contributed by atoms with Gasteiger partial charge in [0, 0.05) is 23.2 Å². The van der Waals surface area contributed by atoms with Gasteiger partial charge < -0.3 is 5.32 Å². The van der Waals surface area contributed by atoms with E-state index in [0.717, 1.165) is 0 Å². The largest absolute Gasteiger partial charge is 0.307 e. The highest BCUT2D eigenvalue weighted by Crippen LogP contribution is 2.27. The van der Waals surface area contributed by atoms with Crippen molar-refractivity contribution in [3.05, 3.63) is 64.9 Å². The molecule has 0 saturated carbocycles. The maximum absolute atomic E-state index is 13.8. The highest BCUT2D eigenvalue weighted by molar-refractivity contribution is 7.96. The molecular formula is C17H17ClFNO4S2. The summed E-state index contributed by atoms with van der Waals surface area (Å²) >= 11 is 5.79. The first-order valence-electron chi connectivity index (χ1n) is 7.86. The number of rotatable bonds is 5. The molecule has 2 aromatic rings. The van der Waals surface area contributed by atoms with E-state index in [0.29, 0.717) is 10.6 Å². The van der Waals surface area contributed by atoms with E-state index in [1.165, 1.54) is 30.3 Å². The topological polar surface area (TPSA) is 80.3 Å². The lowest BCUT2D eigenvalue weighted by Crippen LogP contribution is -2.43. The molecule has 26 heavy (non-hydrogen) atoms. The van der Waals surface area contributed by atoms with Crippen LogP contribution >= 0.6 is 11.6 Å². The van der Waals surface area contributed by atoms with E-state index in [1.54, 1.807) is 18.2 Å². The van der Waals surface area contributed by atoms with Crippen molar-refractivity contribution in [2.75, 3.05) is 11.5 Å². The van der Waals surface area contributed by atoms with Gasteiger partial charge in [-0.05, 0) is 30.3 Å². The minimum atomic E-state index is -3.88. The van der Waals surface area contributed by atoms with Crippen molar-refractivity contribution in [3.8, 4) is 0 Å². The Morgan fingerprint density at radius 3 is 2.38 bits per heavy atom. The molecule has 1 heterocycles. The Labute approximate surface area is 157 Å². The first kappa shape index (κ1) is 19.3. The van der Waals surface area contributed by atoms with Crippen LogP contribution in [0.4, 0.5) is 4.39 Å². The summed E-state index contributed by atoms with van der Waals surface area (Å²) in [7, 11) is -7.40. The van der Waals surface area contributed by atoms with E-state index in [-0.39, 0.29) is 17.2 Å². The van der Waals surface area contributed by atoms with Gasteiger partial charge in [-0.15, -0.1) is 0 Å². The van der Waals surface area contributed by atoms with Gasteiger partial charge in [0.2, 0.25) is 0 Å². The van der Waals surface area contributed by atoms with Gasteiger partial charge in [0.15, 0.2) is 19.7 Å². The van der Waals surface area contributed by atoms with Crippen molar-refractivity contribution in [2.45, 2.75) is 22.7 Å². The predicted octanol–water partition coefficient (Wildman–Crippen LogP) is 2.21. The average Bonchev–Trinajstić information content (AvgIpc) is 2.90. The highest BCUT2D eigenvalue weighted by Gasteiger charge is 2.45. The Kier molecular flexibility index (Phi) is 5.39. The molecule has 1 aliphatic rings. The lowest BCUT2D eigenvalue weighted by Gasteiger charge is -2.20. The summed E-state index contributed by atoms with van der Waals surface area (Å²) in [6.45, 7) is 0.0412. The van der Waals surface area contributed by atoms with Gasteiger partial charge in [0.1, 0.15) is 5.82 Å². The van der Waals surface area contributed by atoms with Crippen molar-refractivity contribution in [1.82, 2.24) is 5.32 Å². The van der Waals surface area contributed by atoms with Crippen LogP contribution in [-0.4, -0.2) is 39.6 Å². The zero-order valence-corrected chi connectivity index (χ0v) is 16.0. The molecule has 0 unspecified atom stereocenters. The standard InChI is InChI=1S/C17H17ClFNO4S2/c18-13-5-7-14(8-6-13)26(23,24)17-11-25(21,22)10-16(17)20-9-12-3-1-2-4-15(12)19/h1-8,16-17,20H,9-11H2/t16-,17-/m0/s1. The van der Waals surface area contributed by atoms with Gasteiger partial charge in [0.05, 0.1) is 21.7 Å². The normalized spacial score (nSPS) is 22.4. The maximum Gasteiger partial charge on any atom is 0.183 e. The number of sulfone groups is 2. The van der Waals surface area contributed by atoms with Crippen LogP contribution in [-0.2, 0) is 26.2 Å². The number of nitrogens with one attached hydrogen (secondary N) is 1. The number of hydrogen-bond donors (Lipinski definition) is 1. The molecule has 0 amide bonds. The summed E-state index contributed by atoms with van der Waals surface area (Å²) in [6, 6.07) is 10.9. The van der Waals surface area contributed by atoms with Crippen molar-refractivity contribution in [1.29, 1.82) is 0 Å². The van der Waals surface area contributed by atoms with Gasteiger partial charge >= 0.3 is 0 Å². The third-order valence-electron chi connectivity index (χ3n) is 4.35. The highest BCUT2D eigenvalue weighted by atomic mass is 35.5. The van der Waals surface area contributed by atoms with E-state index < -0.39 is 42.5 Å². The second kappa shape index (κ2) is 7.26. The fourth-order valence-corrected chi connectivity index (χ4v) is 7.84. The molecule has 0 bridgehead atoms. The lowest BCUT2D eigenvalue weighted by molar-refractivity contribution is 0.515. The summed E-state index contributed by atoms with van der Waals surface area (Å²) in [5.74, 6) is -1.20. The minimum Gasteiger partial charge on any atom is -0.307 e. The van der Waals surface area contributed by atoms with Gasteiger partial charge in [0.25, 0.3) is 0 Å². The van der Waals surface area contributed by atoms with Crippen LogP contribution in [0, 0.1) is 5.82 Å². The molecule has 0 aromatic heterocycles. The monoisotopic (exact) mass is 417 g/mol. The zero-order valence-electron chi connectivity index (χ0n) is 13.6. The van der Waals surface area contributed by atoms with Crippen LogP contribution in [0.3, 0.4) is 0 Å². The Balaban J connectivity index is 1.86. The summed E-state index contributed by atoms with van der Waals surface area (Å²) in [4.78, 5) is 0.0155. The van der Waals surface area contributed by atoms with Crippen molar-refractivity contribution >= 4 is 31.3 Å². The van der Waals surface area contributed by atoms with Gasteiger partial charge in [-0.3, -0.25) is 0 Å². The molecule has 5 nitrogen and oxygen atoms in total. The van der Waals surface area contributed by atoms with Crippen LogP contribution in [0.5, 0.6) is 0 Å². The fourth-order valence-electron chi connectivity index (χ4n) is 2.99. The number of benzene rings is 2.